The maximum absolute atomic E-state index is 14.2. The molecule has 4 rings (SSSR count). The smallest absolute Gasteiger partial charge is 0.257 e. The van der Waals surface area contributed by atoms with Crippen molar-refractivity contribution in [3.63, 3.8) is 0 Å². The Balaban J connectivity index is 0.00000280. The van der Waals surface area contributed by atoms with Crippen LogP contribution in [-0.2, 0) is 20.7 Å². The SMILES string of the molecule is COCCCCc1c(C(=O)N(CC(C)C)[C@@H]2CNC[C@H](C(=O)N3CCOCC3)C2)cnn1-c1ccccc1.Cl.Cl. The summed E-state index contributed by atoms with van der Waals surface area (Å²) in [5.74, 6) is 0.311. The van der Waals surface area contributed by atoms with Gasteiger partial charge < -0.3 is 24.6 Å². The normalized spacial score (nSPS) is 19.1. The van der Waals surface area contributed by atoms with E-state index in [1.807, 2.05) is 44.8 Å². The van der Waals surface area contributed by atoms with Gasteiger partial charge >= 0.3 is 0 Å². The number of nitrogens with zero attached hydrogens (tertiary/aromatic N) is 4. The molecule has 1 aromatic carbocycles. The van der Waals surface area contributed by atoms with Gasteiger partial charge in [-0.15, -0.1) is 24.8 Å². The average Bonchev–Trinajstić information content (AvgIpc) is 3.38. The number of methoxy groups -OCH3 is 1. The van der Waals surface area contributed by atoms with E-state index < -0.39 is 0 Å². The highest BCUT2D eigenvalue weighted by Gasteiger charge is 2.36. The molecule has 1 aromatic heterocycles. The lowest BCUT2D eigenvalue weighted by atomic mass is 9.92. The van der Waals surface area contributed by atoms with Crippen LogP contribution in [0.4, 0.5) is 0 Å². The zero-order valence-electron chi connectivity index (χ0n) is 23.9. The number of hydrogen-bond acceptors (Lipinski definition) is 6. The molecule has 11 heteroatoms. The minimum Gasteiger partial charge on any atom is -0.385 e. The first-order chi connectivity index (χ1) is 18.5. The topological polar surface area (TPSA) is 88.9 Å². The van der Waals surface area contributed by atoms with Crippen LogP contribution in [0.15, 0.2) is 36.5 Å². The molecule has 224 valence electrons. The van der Waals surface area contributed by atoms with Crippen molar-refractivity contribution in [3.05, 3.63) is 47.8 Å². The third-order valence-electron chi connectivity index (χ3n) is 7.37. The van der Waals surface area contributed by atoms with Crippen LogP contribution in [0.2, 0.25) is 0 Å². The largest absolute Gasteiger partial charge is 0.385 e. The predicted molar refractivity (Wildman–Crippen MR) is 161 cm³/mol. The van der Waals surface area contributed by atoms with E-state index >= 15 is 0 Å². The molecule has 40 heavy (non-hydrogen) atoms. The Morgan fingerprint density at radius 2 is 1.85 bits per heavy atom. The van der Waals surface area contributed by atoms with Crippen LogP contribution >= 0.6 is 24.8 Å². The molecule has 2 fully saturated rings. The highest BCUT2D eigenvalue weighted by Crippen LogP contribution is 2.25. The van der Waals surface area contributed by atoms with Crippen LogP contribution in [0.1, 0.15) is 49.2 Å². The number of benzene rings is 1. The van der Waals surface area contributed by atoms with E-state index in [-0.39, 0.29) is 48.6 Å². The first kappa shape index (κ1) is 34.0. The van der Waals surface area contributed by atoms with Crippen LogP contribution in [0.25, 0.3) is 5.69 Å². The first-order valence-corrected chi connectivity index (χ1v) is 14.0. The maximum atomic E-state index is 14.2. The van der Waals surface area contributed by atoms with Gasteiger partial charge in [-0.2, -0.15) is 5.10 Å². The van der Waals surface area contributed by atoms with Crippen LogP contribution in [0, 0.1) is 11.8 Å². The average molecular weight is 599 g/mol. The maximum Gasteiger partial charge on any atom is 0.257 e. The Labute approximate surface area is 250 Å². The summed E-state index contributed by atoms with van der Waals surface area (Å²) < 4.78 is 12.6. The van der Waals surface area contributed by atoms with Crippen molar-refractivity contribution in [2.24, 2.45) is 11.8 Å². The second-order valence-corrected chi connectivity index (χ2v) is 10.7. The second kappa shape index (κ2) is 16.9. The molecule has 9 nitrogen and oxygen atoms in total. The van der Waals surface area contributed by atoms with Gasteiger partial charge in [-0.25, -0.2) is 4.68 Å². The van der Waals surface area contributed by atoms with Crippen molar-refractivity contribution in [3.8, 4) is 5.69 Å². The van der Waals surface area contributed by atoms with Gasteiger partial charge in [-0.3, -0.25) is 9.59 Å². The number of carbonyl (C=O) groups excluding carboxylic acids is 2. The van der Waals surface area contributed by atoms with Crippen molar-refractivity contribution in [2.45, 2.75) is 45.6 Å². The van der Waals surface area contributed by atoms with Crippen LogP contribution in [0.5, 0.6) is 0 Å². The number of rotatable bonds is 11. The quantitative estimate of drug-likeness (QED) is 0.398. The predicted octanol–water partition coefficient (Wildman–Crippen LogP) is 3.62. The van der Waals surface area contributed by atoms with Crippen molar-refractivity contribution >= 4 is 36.6 Å². The number of piperidine rings is 1. The Bertz CT molecular complexity index is 1050. The Morgan fingerprint density at radius 1 is 1.12 bits per heavy atom. The van der Waals surface area contributed by atoms with Crippen LogP contribution in [0.3, 0.4) is 0 Å². The number of amides is 2. The number of hydrogen-bond donors (Lipinski definition) is 1. The molecule has 0 spiro atoms. The fourth-order valence-electron chi connectivity index (χ4n) is 5.46. The molecule has 2 aromatic rings. The van der Waals surface area contributed by atoms with Crippen LogP contribution < -0.4 is 5.32 Å². The summed E-state index contributed by atoms with van der Waals surface area (Å²) in [7, 11) is 1.71. The van der Waals surface area contributed by atoms with Crippen molar-refractivity contribution in [2.75, 3.05) is 59.7 Å². The van der Waals surface area contributed by atoms with Gasteiger partial charge in [0.2, 0.25) is 5.91 Å². The van der Waals surface area contributed by atoms with Gasteiger partial charge in [0.25, 0.3) is 5.91 Å². The number of unbranched alkanes of at least 4 members (excludes halogenated alkanes) is 1. The molecule has 2 saturated heterocycles. The summed E-state index contributed by atoms with van der Waals surface area (Å²) in [6.45, 7) is 9.36. The number of halogens is 2. The molecule has 0 unspecified atom stereocenters. The minimum absolute atomic E-state index is 0. The number of carbonyl (C=O) groups is 2. The molecule has 2 aliphatic heterocycles. The van der Waals surface area contributed by atoms with Gasteiger partial charge in [0, 0.05) is 52.5 Å². The molecule has 0 saturated carbocycles. The number of ether oxygens (including phenoxy) is 2. The van der Waals surface area contributed by atoms with E-state index in [0.29, 0.717) is 70.4 Å². The molecule has 1 N–H and O–H groups in total. The van der Waals surface area contributed by atoms with Crippen molar-refractivity contribution < 1.29 is 19.1 Å². The fraction of sp³-hybridized carbons (Fsp3) is 0.621. The summed E-state index contributed by atoms with van der Waals surface area (Å²) in [5.41, 5.74) is 2.52. The van der Waals surface area contributed by atoms with Crippen LogP contribution in [-0.4, -0.2) is 97.1 Å². The third-order valence-corrected chi connectivity index (χ3v) is 7.37. The lowest BCUT2D eigenvalue weighted by Gasteiger charge is -2.40. The summed E-state index contributed by atoms with van der Waals surface area (Å²) in [6, 6.07) is 9.91. The lowest BCUT2D eigenvalue weighted by molar-refractivity contribution is -0.140. The Hall–Kier alpha value is -2.17. The van der Waals surface area contributed by atoms with Gasteiger partial charge in [0.05, 0.1) is 42.3 Å². The second-order valence-electron chi connectivity index (χ2n) is 10.7. The standard InChI is InChI=1S/C29H43N5O4.2ClH/c1-22(2)21-33(25-17-23(18-30-19-25)28(35)32-12-15-38-16-13-32)29(36)26-20-31-34(24-9-5-4-6-10-24)27(26)11-7-8-14-37-3;;/h4-6,9-10,20,22-23,25,30H,7-8,11-19,21H2,1-3H3;2*1H/t23-,25+;;/m1../s1. The molecule has 0 radical (unpaired) electrons. The van der Waals surface area contributed by atoms with Gasteiger partial charge in [0.1, 0.15) is 0 Å². The molecular formula is C29H45Cl2N5O4. The molecule has 3 heterocycles. The van der Waals surface area contributed by atoms with E-state index in [2.05, 4.69) is 24.3 Å². The first-order valence-electron chi connectivity index (χ1n) is 14.0. The Kier molecular flexibility index (Phi) is 14.4. The molecule has 0 aliphatic carbocycles. The molecule has 2 aliphatic rings. The van der Waals surface area contributed by atoms with Gasteiger partial charge in [-0.05, 0) is 43.7 Å². The number of morpholine rings is 1. The number of para-hydroxylation sites is 1. The fourth-order valence-corrected chi connectivity index (χ4v) is 5.46. The third kappa shape index (κ3) is 8.66. The number of aromatic nitrogens is 2. The Morgan fingerprint density at radius 3 is 2.52 bits per heavy atom. The van der Waals surface area contributed by atoms with E-state index in [1.54, 1.807) is 13.3 Å². The van der Waals surface area contributed by atoms with E-state index in [9.17, 15) is 9.59 Å². The molecule has 2 amide bonds. The van der Waals surface area contributed by atoms with Gasteiger partial charge in [-0.1, -0.05) is 32.0 Å². The minimum atomic E-state index is -0.144. The van der Waals surface area contributed by atoms with E-state index in [1.165, 1.54) is 0 Å². The summed E-state index contributed by atoms with van der Waals surface area (Å²) >= 11 is 0. The lowest BCUT2D eigenvalue weighted by Crippen LogP contribution is -2.56. The highest BCUT2D eigenvalue weighted by atomic mass is 35.5. The zero-order chi connectivity index (χ0) is 26.9. The van der Waals surface area contributed by atoms with Gasteiger partial charge in [0.15, 0.2) is 0 Å². The van der Waals surface area contributed by atoms with E-state index in [0.717, 1.165) is 30.6 Å². The summed E-state index contributed by atoms with van der Waals surface area (Å²) in [6.07, 6.45) is 4.93. The molecule has 2 atom stereocenters. The summed E-state index contributed by atoms with van der Waals surface area (Å²) in [4.78, 5) is 31.4. The molecule has 0 bridgehead atoms. The molecular weight excluding hydrogens is 553 g/mol. The summed E-state index contributed by atoms with van der Waals surface area (Å²) in [5, 5.41) is 8.12. The number of nitrogens with one attached hydrogen (secondary N) is 1. The van der Waals surface area contributed by atoms with Crippen molar-refractivity contribution in [1.82, 2.24) is 24.9 Å². The van der Waals surface area contributed by atoms with E-state index in [4.69, 9.17) is 9.47 Å². The highest BCUT2D eigenvalue weighted by molar-refractivity contribution is 5.95. The zero-order valence-corrected chi connectivity index (χ0v) is 25.6. The van der Waals surface area contributed by atoms with Crippen molar-refractivity contribution in [1.29, 1.82) is 0 Å². The monoisotopic (exact) mass is 597 g/mol.